The van der Waals surface area contributed by atoms with E-state index in [0.29, 0.717) is 34.8 Å². The second-order valence-corrected chi connectivity index (χ2v) is 9.05. The largest absolute Gasteiger partial charge is 0.505 e. The summed E-state index contributed by atoms with van der Waals surface area (Å²) in [5.74, 6) is -0.238. The molecule has 0 aliphatic carbocycles. The van der Waals surface area contributed by atoms with Gasteiger partial charge in [0.15, 0.2) is 5.75 Å². The summed E-state index contributed by atoms with van der Waals surface area (Å²) < 4.78 is 5.65. The number of anilines is 2. The van der Waals surface area contributed by atoms with Gasteiger partial charge in [-0.1, -0.05) is 42.5 Å². The fraction of sp³-hybridized carbons (Fsp3) is 0.0645. The van der Waals surface area contributed by atoms with E-state index in [1.54, 1.807) is 48.5 Å². The van der Waals surface area contributed by atoms with Gasteiger partial charge in [0.2, 0.25) is 0 Å². The summed E-state index contributed by atoms with van der Waals surface area (Å²) in [5.41, 5.74) is 9.47. The Morgan fingerprint density at radius 1 is 0.949 bits per heavy atom. The smallest absolute Gasteiger partial charge is 0.259 e. The van der Waals surface area contributed by atoms with Crippen molar-refractivity contribution in [2.24, 2.45) is 10.2 Å². The van der Waals surface area contributed by atoms with Gasteiger partial charge in [0, 0.05) is 27.4 Å². The van der Waals surface area contributed by atoms with Crippen molar-refractivity contribution in [1.29, 1.82) is 0 Å². The third kappa shape index (κ3) is 4.38. The minimum Gasteiger partial charge on any atom is -0.505 e. The third-order valence-corrected chi connectivity index (χ3v) is 6.57. The molecular formula is C31H25N5O3. The number of nitrogens with zero attached hydrogens (tertiary/aromatic N) is 2. The molecule has 0 spiro atoms. The number of benzene rings is 5. The minimum atomic E-state index is -0.498. The third-order valence-electron chi connectivity index (χ3n) is 6.57. The number of aromatic amines is 1. The van der Waals surface area contributed by atoms with E-state index in [-0.39, 0.29) is 17.0 Å². The zero-order chi connectivity index (χ0) is 26.9. The number of carbonyl (C=O) groups is 1. The zero-order valence-corrected chi connectivity index (χ0v) is 21.1. The van der Waals surface area contributed by atoms with Gasteiger partial charge in [-0.3, -0.25) is 4.79 Å². The highest BCUT2D eigenvalue weighted by molar-refractivity contribution is 6.22. The van der Waals surface area contributed by atoms with E-state index in [0.717, 1.165) is 27.2 Å². The van der Waals surface area contributed by atoms with Crippen molar-refractivity contribution in [2.45, 2.75) is 6.92 Å². The van der Waals surface area contributed by atoms with Crippen LogP contribution in [0.2, 0.25) is 0 Å². The lowest BCUT2D eigenvalue weighted by molar-refractivity contribution is 0.102. The highest BCUT2D eigenvalue weighted by atomic mass is 16.5. The van der Waals surface area contributed by atoms with Gasteiger partial charge >= 0.3 is 0 Å². The number of nitrogen functional groups attached to an aromatic ring is 1. The first-order chi connectivity index (χ1) is 19.0. The van der Waals surface area contributed by atoms with E-state index in [1.165, 1.54) is 0 Å². The number of carbonyl (C=O) groups excluding carboxylic acids is 1. The Kier molecular flexibility index (Phi) is 6.05. The van der Waals surface area contributed by atoms with E-state index < -0.39 is 5.91 Å². The number of para-hydroxylation sites is 3. The molecule has 8 heteroatoms. The Bertz CT molecular complexity index is 1890. The van der Waals surface area contributed by atoms with Crippen LogP contribution in [0.25, 0.3) is 32.6 Å². The molecule has 0 aliphatic heterocycles. The normalized spacial score (nSPS) is 11.5. The van der Waals surface area contributed by atoms with Gasteiger partial charge in [0.1, 0.15) is 11.4 Å². The molecule has 0 radical (unpaired) electrons. The van der Waals surface area contributed by atoms with Crippen LogP contribution in [0.3, 0.4) is 0 Å². The van der Waals surface area contributed by atoms with Crippen molar-refractivity contribution in [3.05, 3.63) is 96.6 Å². The first kappa shape index (κ1) is 24.0. The molecule has 0 unspecified atom stereocenters. The summed E-state index contributed by atoms with van der Waals surface area (Å²) >= 11 is 0. The molecule has 6 rings (SSSR count). The number of hydrogen-bond donors (Lipinski definition) is 4. The number of phenolic OH excluding ortho intramolecular Hbond substituents is 1. The van der Waals surface area contributed by atoms with E-state index in [1.807, 2.05) is 49.4 Å². The molecule has 1 aromatic heterocycles. The first-order valence-corrected chi connectivity index (χ1v) is 12.5. The van der Waals surface area contributed by atoms with Crippen molar-refractivity contribution in [2.75, 3.05) is 17.7 Å². The second kappa shape index (κ2) is 9.83. The number of phenols is 1. The maximum Gasteiger partial charge on any atom is 0.259 e. The van der Waals surface area contributed by atoms with Crippen molar-refractivity contribution < 1.29 is 14.6 Å². The molecule has 39 heavy (non-hydrogen) atoms. The molecule has 8 nitrogen and oxygen atoms in total. The summed E-state index contributed by atoms with van der Waals surface area (Å²) in [6.45, 7) is 2.32. The Balaban J connectivity index is 1.55. The Labute approximate surface area is 223 Å². The van der Waals surface area contributed by atoms with Gasteiger partial charge in [0.05, 0.1) is 29.1 Å². The number of fused-ring (bicyclic) bond motifs is 5. The van der Waals surface area contributed by atoms with Gasteiger partial charge < -0.3 is 25.9 Å². The minimum absolute atomic E-state index is 0.0653. The van der Waals surface area contributed by atoms with Crippen LogP contribution < -0.4 is 15.8 Å². The monoisotopic (exact) mass is 515 g/mol. The second-order valence-electron chi connectivity index (χ2n) is 9.05. The molecule has 0 fully saturated rings. The molecule has 5 aromatic carbocycles. The summed E-state index contributed by atoms with van der Waals surface area (Å²) in [6.07, 6.45) is 0. The number of aromatic nitrogens is 1. The van der Waals surface area contributed by atoms with Crippen LogP contribution in [0.1, 0.15) is 17.3 Å². The predicted octanol–water partition coefficient (Wildman–Crippen LogP) is 7.83. The summed E-state index contributed by atoms with van der Waals surface area (Å²) in [4.78, 5) is 16.9. The van der Waals surface area contributed by atoms with E-state index >= 15 is 0 Å². The standard InChI is InChI=1S/C31H25N5O3/c1-2-39-26-10-6-5-9-25(26)34-31(38)23-17-18-11-16-22-21-7-3-4-8-24(21)33-28(22)27(18)29(30(23)37)36-35-20-14-12-19(32)13-15-20/h3-17,33,37H,2,32H2,1H3,(H,34,38). The highest BCUT2D eigenvalue weighted by Crippen LogP contribution is 2.44. The highest BCUT2D eigenvalue weighted by Gasteiger charge is 2.22. The Hall–Kier alpha value is -5.37. The SMILES string of the molecule is CCOc1ccccc1NC(=O)c1cc2ccc3c4ccccc4[nH]c3c2c(N=Nc2ccc(N)cc2)c1O. The molecule has 0 bridgehead atoms. The predicted molar refractivity (Wildman–Crippen MR) is 156 cm³/mol. The van der Waals surface area contributed by atoms with Crippen LogP contribution in [-0.4, -0.2) is 22.6 Å². The van der Waals surface area contributed by atoms with Gasteiger partial charge in [-0.2, -0.15) is 5.11 Å². The number of rotatable bonds is 6. The summed E-state index contributed by atoms with van der Waals surface area (Å²) in [7, 11) is 0. The quantitative estimate of drug-likeness (QED) is 0.133. The number of nitrogens with one attached hydrogen (secondary N) is 2. The van der Waals surface area contributed by atoms with Crippen molar-refractivity contribution in [3.63, 3.8) is 0 Å². The number of ether oxygens (including phenoxy) is 1. The van der Waals surface area contributed by atoms with Crippen molar-refractivity contribution in [1.82, 2.24) is 4.98 Å². The molecule has 0 saturated carbocycles. The molecule has 5 N–H and O–H groups in total. The number of H-pyrrole nitrogens is 1. The van der Waals surface area contributed by atoms with Crippen molar-refractivity contribution >= 4 is 61.2 Å². The van der Waals surface area contributed by atoms with E-state index in [4.69, 9.17) is 10.5 Å². The number of hydrogen-bond acceptors (Lipinski definition) is 6. The maximum absolute atomic E-state index is 13.5. The molecule has 1 amide bonds. The molecule has 192 valence electrons. The molecule has 1 heterocycles. The van der Waals surface area contributed by atoms with Crippen LogP contribution in [0, 0.1) is 0 Å². The van der Waals surface area contributed by atoms with E-state index in [9.17, 15) is 9.90 Å². The van der Waals surface area contributed by atoms with Crippen LogP contribution in [0.15, 0.2) is 101 Å². The Morgan fingerprint density at radius 3 is 2.54 bits per heavy atom. The van der Waals surface area contributed by atoms with Crippen LogP contribution in [0.5, 0.6) is 11.5 Å². The lowest BCUT2D eigenvalue weighted by Crippen LogP contribution is -2.13. The average molecular weight is 516 g/mol. The van der Waals surface area contributed by atoms with Gasteiger partial charge in [-0.15, -0.1) is 5.11 Å². The van der Waals surface area contributed by atoms with Crippen LogP contribution in [-0.2, 0) is 0 Å². The van der Waals surface area contributed by atoms with Gasteiger partial charge in [-0.05, 0) is 60.8 Å². The molecular weight excluding hydrogens is 490 g/mol. The van der Waals surface area contributed by atoms with Gasteiger partial charge in [0.25, 0.3) is 5.91 Å². The first-order valence-electron chi connectivity index (χ1n) is 12.5. The lowest BCUT2D eigenvalue weighted by atomic mass is 10.00. The number of azo groups is 1. The lowest BCUT2D eigenvalue weighted by Gasteiger charge is -2.14. The molecule has 0 atom stereocenters. The fourth-order valence-electron chi connectivity index (χ4n) is 4.74. The number of aromatic hydroxyl groups is 1. The summed E-state index contributed by atoms with van der Waals surface area (Å²) in [5, 5.41) is 26.6. The Morgan fingerprint density at radius 2 is 1.72 bits per heavy atom. The molecule has 6 aromatic rings. The maximum atomic E-state index is 13.5. The van der Waals surface area contributed by atoms with Crippen LogP contribution >= 0.6 is 0 Å². The van der Waals surface area contributed by atoms with Crippen LogP contribution in [0.4, 0.5) is 22.7 Å². The number of nitrogens with two attached hydrogens (primary N) is 1. The van der Waals surface area contributed by atoms with E-state index in [2.05, 4.69) is 20.5 Å². The topological polar surface area (TPSA) is 125 Å². The number of amides is 1. The molecule has 0 aliphatic rings. The van der Waals surface area contributed by atoms with Crippen molar-refractivity contribution in [3.8, 4) is 11.5 Å². The van der Waals surface area contributed by atoms with Gasteiger partial charge in [-0.25, -0.2) is 0 Å². The molecule has 0 saturated heterocycles. The average Bonchev–Trinajstić information content (AvgIpc) is 3.33. The fourth-order valence-corrected chi connectivity index (χ4v) is 4.74. The zero-order valence-electron chi connectivity index (χ0n) is 21.1. The summed E-state index contributed by atoms with van der Waals surface area (Å²) in [6, 6.07) is 27.6.